The van der Waals surface area contributed by atoms with E-state index in [1.807, 2.05) is 0 Å². The van der Waals surface area contributed by atoms with E-state index in [1.54, 1.807) is 39.8 Å². The van der Waals surface area contributed by atoms with Gasteiger partial charge in [0.2, 0.25) is 10.0 Å². The lowest BCUT2D eigenvalue weighted by atomic mass is 10.2. The van der Waals surface area contributed by atoms with Gasteiger partial charge in [0, 0.05) is 24.7 Å². The first-order chi connectivity index (χ1) is 10.4. The molecule has 130 valence electrons. The maximum absolute atomic E-state index is 12.5. The number of hydrogen-bond acceptors (Lipinski definition) is 4. The van der Waals surface area contributed by atoms with Gasteiger partial charge in [0.15, 0.2) is 0 Å². The molecule has 0 heterocycles. The number of carbonyl (C=O) groups excluding carboxylic acids is 1. The molecule has 23 heavy (non-hydrogen) atoms. The van der Waals surface area contributed by atoms with E-state index in [9.17, 15) is 13.2 Å². The number of hydrogen-bond donors (Lipinski definition) is 1. The summed E-state index contributed by atoms with van der Waals surface area (Å²) in [5, 5.41) is 2.96. The summed E-state index contributed by atoms with van der Waals surface area (Å²) >= 11 is 5.84. The average Bonchev–Trinajstić information content (AvgIpc) is 2.35. The number of amides is 1. The van der Waals surface area contributed by atoms with Crippen molar-refractivity contribution in [3.05, 3.63) is 29.3 Å². The van der Waals surface area contributed by atoms with E-state index in [1.165, 1.54) is 23.5 Å². The molecule has 1 aromatic rings. The average molecular weight is 363 g/mol. The molecular weight excluding hydrogens is 340 g/mol. The predicted molar refractivity (Wildman–Crippen MR) is 90.1 cm³/mol. The van der Waals surface area contributed by atoms with Crippen LogP contribution in [0.4, 0.5) is 4.79 Å². The summed E-state index contributed by atoms with van der Waals surface area (Å²) < 4.78 is 31.2. The van der Waals surface area contributed by atoms with Gasteiger partial charge < -0.3 is 10.1 Å². The van der Waals surface area contributed by atoms with Crippen molar-refractivity contribution >= 4 is 27.7 Å². The number of alkyl carbamates (subject to hydrolysis) is 1. The summed E-state index contributed by atoms with van der Waals surface area (Å²) in [5.41, 5.74) is -0.609. The minimum atomic E-state index is -3.67. The van der Waals surface area contributed by atoms with Gasteiger partial charge in [-0.3, -0.25) is 0 Å². The minimum Gasteiger partial charge on any atom is -0.444 e. The molecule has 0 aromatic heterocycles. The molecule has 0 spiro atoms. The van der Waals surface area contributed by atoms with Crippen molar-refractivity contribution in [1.29, 1.82) is 0 Å². The van der Waals surface area contributed by atoms with Gasteiger partial charge in [-0.25, -0.2) is 13.2 Å². The van der Waals surface area contributed by atoms with E-state index < -0.39 is 27.8 Å². The van der Waals surface area contributed by atoms with Crippen LogP contribution in [0.2, 0.25) is 5.02 Å². The number of nitrogens with one attached hydrogen (secondary N) is 1. The molecule has 0 bridgehead atoms. The first-order valence-corrected chi connectivity index (χ1v) is 8.95. The lowest BCUT2D eigenvalue weighted by Gasteiger charge is -2.24. The van der Waals surface area contributed by atoms with Crippen LogP contribution in [0.1, 0.15) is 27.7 Å². The highest BCUT2D eigenvalue weighted by Crippen LogP contribution is 2.18. The molecule has 1 N–H and O–H groups in total. The summed E-state index contributed by atoms with van der Waals surface area (Å²) in [6, 6.07) is 5.63. The zero-order valence-corrected chi connectivity index (χ0v) is 15.5. The quantitative estimate of drug-likeness (QED) is 0.873. The predicted octanol–water partition coefficient (Wildman–Crippen LogP) is 2.87. The van der Waals surface area contributed by atoms with Crippen LogP contribution in [-0.4, -0.2) is 44.1 Å². The topological polar surface area (TPSA) is 75.7 Å². The number of sulfonamides is 1. The highest BCUT2D eigenvalue weighted by molar-refractivity contribution is 7.89. The first kappa shape index (κ1) is 19.7. The fourth-order valence-corrected chi connectivity index (χ4v) is 3.41. The Morgan fingerprint density at radius 1 is 1.39 bits per heavy atom. The summed E-state index contributed by atoms with van der Waals surface area (Å²) in [6.07, 6.45) is -0.585. The molecule has 0 fully saturated rings. The zero-order chi connectivity index (χ0) is 17.8. The second-order valence-electron chi connectivity index (χ2n) is 6.29. The number of ether oxygens (including phenoxy) is 1. The molecule has 0 radical (unpaired) electrons. The van der Waals surface area contributed by atoms with Gasteiger partial charge in [-0.2, -0.15) is 4.31 Å². The van der Waals surface area contributed by atoms with Gasteiger partial charge in [-0.05, 0) is 45.9 Å². The SMILES string of the molecule is C[C@H](CN(C)S(=O)(=O)c1cccc(Cl)c1)NC(=O)OC(C)(C)C. The Morgan fingerprint density at radius 2 is 2.00 bits per heavy atom. The molecule has 1 aromatic carbocycles. The molecule has 0 unspecified atom stereocenters. The summed E-state index contributed by atoms with van der Waals surface area (Å²) in [5.74, 6) is 0. The number of carbonyl (C=O) groups is 1. The van der Waals surface area contributed by atoms with Gasteiger partial charge in [-0.1, -0.05) is 17.7 Å². The summed E-state index contributed by atoms with van der Waals surface area (Å²) in [7, 11) is -2.22. The van der Waals surface area contributed by atoms with E-state index >= 15 is 0 Å². The lowest BCUT2D eigenvalue weighted by molar-refractivity contribution is 0.0504. The van der Waals surface area contributed by atoms with Crippen LogP contribution in [0.25, 0.3) is 0 Å². The molecule has 0 aliphatic heterocycles. The van der Waals surface area contributed by atoms with Crippen LogP contribution in [0.15, 0.2) is 29.2 Å². The normalized spacial score (nSPS) is 13.7. The smallest absolute Gasteiger partial charge is 0.407 e. The third kappa shape index (κ3) is 6.37. The Balaban J connectivity index is 2.71. The van der Waals surface area contributed by atoms with E-state index in [-0.39, 0.29) is 11.4 Å². The van der Waals surface area contributed by atoms with E-state index in [0.29, 0.717) is 5.02 Å². The highest BCUT2D eigenvalue weighted by Gasteiger charge is 2.24. The van der Waals surface area contributed by atoms with Gasteiger partial charge in [-0.15, -0.1) is 0 Å². The van der Waals surface area contributed by atoms with Crippen molar-refractivity contribution in [2.24, 2.45) is 0 Å². The molecule has 0 saturated carbocycles. The zero-order valence-electron chi connectivity index (χ0n) is 14.0. The maximum Gasteiger partial charge on any atom is 0.407 e. The summed E-state index contributed by atoms with van der Waals surface area (Å²) in [4.78, 5) is 11.8. The van der Waals surface area contributed by atoms with Crippen LogP contribution in [-0.2, 0) is 14.8 Å². The van der Waals surface area contributed by atoms with Crippen LogP contribution in [0.3, 0.4) is 0 Å². The van der Waals surface area contributed by atoms with Gasteiger partial charge >= 0.3 is 6.09 Å². The fraction of sp³-hybridized carbons (Fsp3) is 0.533. The van der Waals surface area contributed by atoms with E-state index in [2.05, 4.69) is 5.32 Å². The Hall–Kier alpha value is -1.31. The summed E-state index contributed by atoms with van der Waals surface area (Å²) in [6.45, 7) is 7.08. The van der Waals surface area contributed by atoms with Gasteiger partial charge in [0.05, 0.1) is 4.90 Å². The standard InChI is InChI=1S/C15H23ClN2O4S/c1-11(17-14(19)22-15(2,3)4)10-18(5)23(20,21)13-8-6-7-12(16)9-13/h6-9,11H,10H2,1-5H3,(H,17,19)/t11-/m1/s1. The molecule has 1 atom stereocenters. The number of halogens is 1. The fourth-order valence-electron chi connectivity index (χ4n) is 1.85. The van der Waals surface area contributed by atoms with Crippen molar-refractivity contribution in [1.82, 2.24) is 9.62 Å². The Kier molecular flexibility index (Phi) is 6.44. The Bertz CT molecular complexity index is 656. The second-order valence-corrected chi connectivity index (χ2v) is 8.77. The monoisotopic (exact) mass is 362 g/mol. The number of likely N-dealkylation sites (N-methyl/N-ethyl adjacent to an activating group) is 1. The second kappa shape index (κ2) is 7.51. The number of benzene rings is 1. The van der Waals surface area contributed by atoms with Crippen molar-refractivity contribution < 1.29 is 17.9 Å². The van der Waals surface area contributed by atoms with E-state index in [4.69, 9.17) is 16.3 Å². The molecule has 1 amide bonds. The third-order valence-electron chi connectivity index (χ3n) is 2.80. The van der Waals surface area contributed by atoms with Crippen molar-refractivity contribution in [2.45, 2.75) is 44.2 Å². The van der Waals surface area contributed by atoms with Gasteiger partial charge in [0.1, 0.15) is 5.60 Å². The van der Waals surface area contributed by atoms with Crippen LogP contribution in [0, 0.1) is 0 Å². The van der Waals surface area contributed by atoms with Crippen molar-refractivity contribution in [2.75, 3.05) is 13.6 Å². The minimum absolute atomic E-state index is 0.105. The van der Waals surface area contributed by atoms with Crippen molar-refractivity contribution in [3.8, 4) is 0 Å². The molecule has 6 nitrogen and oxygen atoms in total. The third-order valence-corrected chi connectivity index (χ3v) is 4.85. The Labute approximate surface area is 142 Å². The maximum atomic E-state index is 12.5. The molecule has 8 heteroatoms. The molecule has 1 rings (SSSR count). The lowest BCUT2D eigenvalue weighted by Crippen LogP contribution is -2.44. The number of nitrogens with zero attached hydrogens (tertiary/aromatic N) is 1. The van der Waals surface area contributed by atoms with Crippen LogP contribution in [0.5, 0.6) is 0 Å². The van der Waals surface area contributed by atoms with Crippen molar-refractivity contribution in [3.63, 3.8) is 0 Å². The largest absolute Gasteiger partial charge is 0.444 e. The molecule has 0 aliphatic carbocycles. The van der Waals surface area contributed by atoms with E-state index in [0.717, 1.165) is 0 Å². The van der Waals surface area contributed by atoms with Crippen LogP contribution < -0.4 is 5.32 Å². The molecule has 0 aliphatic rings. The Morgan fingerprint density at radius 3 is 2.52 bits per heavy atom. The number of rotatable bonds is 5. The van der Waals surface area contributed by atoms with Crippen LogP contribution >= 0.6 is 11.6 Å². The molecule has 0 saturated heterocycles. The first-order valence-electron chi connectivity index (χ1n) is 7.13. The van der Waals surface area contributed by atoms with Gasteiger partial charge in [0.25, 0.3) is 0 Å². The highest BCUT2D eigenvalue weighted by atomic mass is 35.5. The molecular formula is C15H23ClN2O4S.